The standard InChI is InChI=1S/C12H24N2O6S/c1-4-14(7-8-20-5-2)12(17)13-10(11(15)16)6-9-21(3,18)19/h10H,4-9H2,1-3H3,(H,13,17)(H,15,16). The second-order valence-electron chi connectivity index (χ2n) is 4.54. The topological polar surface area (TPSA) is 113 Å². The molecule has 8 nitrogen and oxygen atoms in total. The van der Waals surface area contributed by atoms with Crippen LogP contribution in [0.3, 0.4) is 0 Å². The number of urea groups is 1. The van der Waals surface area contributed by atoms with E-state index >= 15 is 0 Å². The average molecular weight is 324 g/mol. The fourth-order valence-corrected chi connectivity index (χ4v) is 2.22. The number of carboxylic acid groups (broad SMARTS) is 1. The molecule has 0 aliphatic rings. The molecule has 0 saturated heterocycles. The number of ether oxygens (including phenoxy) is 1. The number of carbonyl (C=O) groups excluding carboxylic acids is 1. The van der Waals surface area contributed by atoms with E-state index < -0.39 is 27.9 Å². The van der Waals surface area contributed by atoms with Gasteiger partial charge in [-0.15, -0.1) is 0 Å². The smallest absolute Gasteiger partial charge is 0.326 e. The highest BCUT2D eigenvalue weighted by molar-refractivity contribution is 7.90. The molecular formula is C12H24N2O6S. The molecule has 9 heteroatoms. The Bertz CT molecular complexity index is 437. The zero-order valence-corrected chi connectivity index (χ0v) is 13.5. The summed E-state index contributed by atoms with van der Waals surface area (Å²) in [7, 11) is -3.28. The van der Waals surface area contributed by atoms with E-state index in [-0.39, 0.29) is 12.2 Å². The van der Waals surface area contributed by atoms with Crippen LogP contribution >= 0.6 is 0 Å². The Hall–Kier alpha value is -1.35. The molecule has 0 saturated carbocycles. The molecule has 2 N–H and O–H groups in total. The third kappa shape index (κ3) is 9.24. The number of carbonyl (C=O) groups is 2. The summed E-state index contributed by atoms with van der Waals surface area (Å²) in [6.45, 7) is 5.23. The lowest BCUT2D eigenvalue weighted by molar-refractivity contribution is -0.139. The van der Waals surface area contributed by atoms with Crippen molar-refractivity contribution in [2.75, 3.05) is 38.3 Å². The van der Waals surface area contributed by atoms with Crippen molar-refractivity contribution >= 4 is 21.8 Å². The zero-order valence-electron chi connectivity index (χ0n) is 12.7. The van der Waals surface area contributed by atoms with Gasteiger partial charge in [-0.1, -0.05) is 0 Å². The van der Waals surface area contributed by atoms with Crippen LogP contribution in [0.5, 0.6) is 0 Å². The predicted octanol–water partition coefficient (Wildman–Crippen LogP) is -0.0577. The first-order valence-corrected chi connectivity index (χ1v) is 8.81. The first-order chi connectivity index (χ1) is 9.71. The second-order valence-corrected chi connectivity index (χ2v) is 6.80. The van der Waals surface area contributed by atoms with Gasteiger partial charge < -0.3 is 20.1 Å². The molecule has 0 radical (unpaired) electrons. The lowest BCUT2D eigenvalue weighted by Gasteiger charge is -2.23. The van der Waals surface area contributed by atoms with Crippen LogP contribution in [0.25, 0.3) is 0 Å². The molecule has 21 heavy (non-hydrogen) atoms. The van der Waals surface area contributed by atoms with Gasteiger partial charge in [0.1, 0.15) is 15.9 Å². The van der Waals surface area contributed by atoms with Crippen LogP contribution in [0.2, 0.25) is 0 Å². The molecule has 124 valence electrons. The molecule has 1 unspecified atom stereocenters. The van der Waals surface area contributed by atoms with E-state index in [9.17, 15) is 18.0 Å². The first kappa shape index (κ1) is 19.7. The number of nitrogens with zero attached hydrogens (tertiary/aromatic N) is 1. The molecule has 0 aromatic carbocycles. The monoisotopic (exact) mass is 324 g/mol. The van der Waals surface area contributed by atoms with Crippen molar-refractivity contribution in [3.63, 3.8) is 0 Å². The van der Waals surface area contributed by atoms with Gasteiger partial charge in [-0.2, -0.15) is 0 Å². The number of amides is 2. The maximum atomic E-state index is 12.0. The van der Waals surface area contributed by atoms with Gasteiger partial charge in [0.05, 0.1) is 12.4 Å². The third-order valence-electron chi connectivity index (χ3n) is 2.75. The van der Waals surface area contributed by atoms with Crippen molar-refractivity contribution in [1.29, 1.82) is 0 Å². The second kappa shape index (κ2) is 9.56. The molecule has 0 bridgehead atoms. The van der Waals surface area contributed by atoms with E-state index in [0.717, 1.165) is 6.26 Å². The van der Waals surface area contributed by atoms with Crippen LogP contribution in [0, 0.1) is 0 Å². The average Bonchev–Trinajstić information content (AvgIpc) is 2.38. The van der Waals surface area contributed by atoms with E-state index in [1.165, 1.54) is 4.90 Å². The summed E-state index contributed by atoms with van der Waals surface area (Å²) in [5.74, 6) is -1.55. The summed E-state index contributed by atoms with van der Waals surface area (Å²) in [5, 5.41) is 11.4. The van der Waals surface area contributed by atoms with E-state index in [1.807, 2.05) is 6.92 Å². The lowest BCUT2D eigenvalue weighted by Crippen LogP contribution is -2.49. The summed E-state index contributed by atoms with van der Waals surface area (Å²) < 4.78 is 27.3. The van der Waals surface area contributed by atoms with Crippen LogP contribution < -0.4 is 5.32 Å². The normalized spacial score (nSPS) is 12.7. The number of rotatable bonds is 10. The van der Waals surface area contributed by atoms with Crippen molar-refractivity contribution in [3.8, 4) is 0 Å². The predicted molar refractivity (Wildman–Crippen MR) is 78.0 cm³/mol. The van der Waals surface area contributed by atoms with Crippen LogP contribution in [0.1, 0.15) is 20.3 Å². The number of hydrogen-bond acceptors (Lipinski definition) is 5. The van der Waals surface area contributed by atoms with Crippen molar-refractivity contribution in [2.45, 2.75) is 26.3 Å². The number of aliphatic carboxylic acids is 1. The Labute approximate surface area is 125 Å². The van der Waals surface area contributed by atoms with Gasteiger partial charge >= 0.3 is 12.0 Å². The Morgan fingerprint density at radius 2 is 1.95 bits per heavy atom. The van der Waals surface area contributed by atoms with Crippen molar-refractivity contribution in [3.05, 3.63) is 0 Å². The van der Waals surface area contributed by atoms with Crippen molar-refractivity contribution < 1.29 is 27.9 Å². The summed E-state index contributed by atoms with van der Waals surface area (Å²) in [6.07, 6.45) is 0.858. The number of likely N-dealkylation sites (N-methyl/N-ethyl adjacent to an activating group) is 1. The molecular weight excluding hydrogens is 300 g/mol. The van der Waals surface area contributed by atoms with Crippen LogP contribution in [0.4, 0.5) is 4.79 Å². The maximum Gasteiger partial charge on any atom is 0.326 e. The van der Waals surface area contributed by atoms with Gasteiger partial charge in [0, 0.05) is 26.0 Å². The van der Waals surface area contributed by atoms with E-state index in [2.05, 4.69) is 5.32 Å². The third-order valence-corrected chi connectivity index (χ3v) is 3.73. The van der Waals surface area contributed by atoms with E-state index in [0.29, 0.717) is 26.3 Å². The van der Waals surface area contributed by atoms with E-state index in [1.54, 1.807) is 6.92 Å². The number of sulfone groups is 1. The van der Waals surface area contributed by atoms with Gasteiger partial charge in [0.15, 0.2) is 0 Å². The van der Waals surface area contributed by atoms with Gasteiger partial charge in [-0.05, 0) is 20.3 Å². The minimum absolute atomic E-state index is 0.164. The fraction of sp³-hybridized carbons (Fsp3) is 0.833. The molecule has 2 amide bonds. The van der Waals surface area contributed by atoms with Gasteiger partial charge in [0.25, 0.3) is 0 Å². The highest BCUT2D eigenvalue weighted by Crippen LogP contribution is 1.99. The molecule has 0 aromatic heterocycles. The highest BCUT2D eigenvalue weighted by Gasteiger charge is 2.23. The Morgan fingerprint density at radius 1 is 1.33 bits per heavy atom. The summed E-state index contributed by atoms with van der Waals surface area (Å²) >= 11 is 0. The number of carboxylic acids is 1. The maximum absolute atomic E-state index is 12.0. The SMILES string of the molecule is CCOCCN(CC)C(=O)NC(CCS(C)(=O)=O)C(=O)O. The van der Waals surface area contributed by atoms with Crippen LogP contribution in [0.15, 0.2) is 0 Å². The van der Waals surface area contributed by atoms with E-state index in [4.69, 9.17) is 9.84 Å². The largest absolute Gasteiger partial charge is 0.480 e. The van der Waals surface area contributed by atoms with Crippen LogP contribution in [-0.2, 0) is 19.4 Å². The minimum Gasteiger partial charge on any atom is -0.480 e. The minimum atomic E-state index is -3.28. The molecule has 0 aliphatic carbocycles. The molecule has 0 aromatic rings. The summed E-state index contributed by atoms with van der Waals surface area (Å²) in [6, 6.07) is -1.77. The molecule has 0 fully saturated rings. The molecule has 0 heterocycles. The summed E-state index contributed by atoms with van der Waals surface area (Å²) in [5.41, 5.74) is 0. The zero-order chi connectivity index (χ0) is 16.5. The number of hydrogen-bond donors (Lipinski definition) is 2. The Balaban J connectivity index is 4.53. The first-order valence-electron chi connectivity index (χ1n) is 6.75. The summed E-state index contributed by atoms with van der Waals surface area (Å²) in [4.78, 5) is 24.4. The van der Waals surface area contributed by atoms with Gasteiger partial charge in [0.2, 0.25) is 0 Å². The molecule has 0 rings (SSSR count). The van der Waals surface area contributed by atoms with Gasteiger partial charge in [-0.3, -0.25) is 0 Å². The molecule has 0 aliphatic heterocycles. The lowest BCUT2D eigenvalue weighted by atomic mass is 10.2. The highest BCUT2D eigenvalue weighted by atomic mass is 32.2. The molecule has 0 spiro atoms. The fourth-order valence-electron chi connectivity index (χ4n) is 1.55. The van der Waals surface area contributed by atoms with Gasteiger partial charge in [-0.25, -0.2) is 18.0 Å². The quantitative estimate of drug-likeness (QED) is 0.544. The molecule has 1 atom stereocenters. The van der Waals surface area contributed by atoms with Crippen molar-refractivity contribution in [1.82, 2.24) is 10.2 Å². The Morgan fingerprint density at radius 3 is 2.38 bits per heavy atom. The van der Waals surface area contributed by atoms with Crippen molar-refractivity contribution in [2.24, 2.45) is 0 Å². The Kier molecular flexibility index (Phi) is 8.95. The number of nitrogens with one attached hydrogen (secondary N) is 1. The van der Waals surface area contributed by atoms with Crippen LogP contribution in [-0.4, -0.2) is 74.8 Å².